The molecular formula is C15H26N2O2. The summed E-state index contributed by atoms with van der Waals surface area (Å²) in [6, 6.07) is 0.759. The van der Waals surface area contributed by atoms with Gasteiger partial charge >= 0.3 is 0 Å². The molecule has 0 aliphatic carbocycles. The molecule has 0 aromatic carbocycles. The van der Waals surface area contributed by atoms with Gasteiger partial charge in [-0.2, -0.15) is 0 Å². The van der Waals surface area contributed by atoms with Gasteiger partial charge in [-0.15, -0.1) is 0 Å². The summed E-state index contributed by atoms with van der Waals surface area (Å²) in [5, 5.41) is 0. The van der Waals surface area contributed by atoms with E-state index in [9.17, 15) is 4.79 Å². The molecule has 0 radical (unpaired) electrons. The topological polar surface area (TPSA) is 32.8 Å². The highest BCUT2D eigenvalue weighted by Gasteiger charge is 2.35. The molecule has 108 valence electrons. The Morgan fingerprint density at radius 1 is 1.26 bits per heavy atom. The van der Waals surface area contributed by atoms with Crippen LogP contribution < -0.4 is 0 Å². The molecule has 3 atom stereocenters. The first-order chi connectivity index (χ1) is 9.24. The van der Waals surface area contributed by atoms with Gasteiger partial charge in [0.05, 0.1) is 13.2 Å². The number of hydrogen-bond acceptors (Lipinski definition) is 4. The average molecular weight is 266 g/mol. The molecule has 4 nitrogen and oxygen atoms in total. The normalized spacial score (nSPS) is 37.2. The lowest BCUT2D eigenvalue weighted by atomic mass is 9.84. The number of carbonyl (C=O) groups excluding carboxylic acids is 1. The molecule has 3 unspecified atom stereocenters. The second-order valence-corrected chi connectivity index (χ2v) is 6.50. The molecule has 0 aromatic heterocycles. The molecule has 3 rings (SSSR count). The van der Waals surface area contributed by atoms with Crippen LogP contribution in [0, 0.1) is 11.8 Å². The smallest absolute Gasteiger partial charge is 0.152 e. The van der Waals surface area contributed by atoms with E-state index in [2.05, 4.69) is 16.8 Å². The number of piperidine rings is 2. The van der Waals surface area contributed by atoms with Crippen molar-refractivity contribution in [3.63, 3.8) is 0 Å². The Morgan fingerprint density at radius 3 is 2.95 bits per heavy atom. The van der Waals surface area contributed by atoms with Crippen LogP contribution in [0.2, 0.25) is 0 Å². The molecule has 0 aromatic rings. The van der Waals surface area contributed by atoms with E-state index in [1.165, 1.54) is 25.8 Å². The van der Waals surface area contributed by atoms with E-state index in [0.717, 1.165) is 38.1 Å². The van der Waals surface area contributed by atoms with Crippen LogP contribution in [0.1, 0.15) is 25.7 Å². The molecule has 0 spiro atoms. The number of nitrogens with zero attached hydrogens (tertiary/aromatic N) is 2. The van der Waals surface area contributed by atoms with Crippen molar-refractivity contribution in [1.82, 2.24) is 9.80 Å². The Morgan fingerprint density at radius 2 is 2.16 bits per heavy atom. The summed E-state index contributed by atoms with van der Waals surface area (Å²) < 4.78 is 5.32. The van der Waals surface area contributed by atoms with Gasteiger partial charge in [0.2, 0.25) is 0 Å². The number of ketones is 1. The Bertz CT molecular complexity index is 328. The third kappa shape index (κ3) is 3.01. The van der Waals surface area contributed by atoms with Crippen molar-refractivity contribution >= 4 is 5.78 Å². The molecule has 0 N–H and O–H groups in total. The Kier molecular flexibility index (Phi) is 4.20. The van der Waals surface area contributed by atoms with E-state index in [0.29, 0.717) is 18.9 Å². The second kappa shape index (κ2) is 5.90. The second-order valence-electron chi connectivity index (χ2n) is 6.50. The van der Waals surface area contributed by atoms with Crippen molar-refractivity contribution in [3.8, 4) is 0 Å². The fourth-order valence-electron chi connectivity index (χ4n) is 4.01. The van der Waals surface area contributed by atoms with Crippen molar-refractivity contribution < 1.29 is 9.53 Å². The fraction of sp³-hybridized carbons (Fsp3) is 0.933. The standard InChI is InChI=1S/C15H26N2O2/c1-16-6-2-3-12-9-17(7-4-14(12)16)10-15(18)13-5-8-19-11-13/h12-14H,2-11H2,1H3. The van der Waals surface area contributed by atoms with E-state index in [4.69, 9.17) is 4.74 Å². The maximum absolute atomic E-state index is 12.2. The van der Waals surface area contributed by atoms with Crippen molar-refractivity contribution in [2.24, 2.45) is 11.8 Å². The Labute approximate surface area is 116 Å². The molecular weight excluding hydrogens is 240 g/mol. The van der Waals surface area contributed by atoms with Crippen LogP contribution in [0.5, 0.6) is 0 Å². The molecule has 4 heteroatoms. The van der Waals surface area contributed by atoms with Gasteiger partial charge in [-0.05, 0) is 45.2 Å². The van der Waals surface area contributed by atoms with Crippen molar-refractivity contribution in [2.75, 3.05) is 46.4 Å². The predicted molar refractivity (Wildman–Crippen MR) is 74.1 cm³/mol. The lowest BCUT2D eigenvalue weighted by Crippen LogP contribution is -2.53. The minimum absolute atomic E-state index is 0.173. The Balaban J connectivity index is 1.51. The highest BCUT2D eigenvalue weighted by atomic mass is 16.5. The minimum Gasteiger partial charge on any atom is -0.381 e. The van der Waals surface area contributed by atoms with E-state index in [-0.39, 0.29) is 5.92 Å². The molecule has 3 heterocycles. The lowest BCUT2D eigenvalue weighted by Gasteiger charge is -2.46. The molecule has 0 bridgehead atoms. The van der Waals surface area contributed by atoms with Crippen LogP contribution in [0.25, 0.3) is 0 Å². The third-order valence-electron chi connectivity index (χ3n) is 5.19. The monoisotopic (exact) mass is 266 g/mol. The summed E-state index contributed by atoms with van der Waals surface area (Å²) in [4.78, 5) is 17.1. The van der Waals surface area contributed by atoms with E-state index in [1.807, 2.05) is 0 Å². The lowest BCUT2D eigenvalue weighted by molar-refractivity contribution is -0.124. The van der Waals surface area contributed by atoms with Crippen molar-refractivity contribution in [3.05, 3.63) is 0 Å². The van der Waals surface area contributed by atoms with E-state index < -0.39 is 0 Å². The van der Waals surface area contributed by atoms with Gasteiger partial charge in [0.25, 0.3) is 0 Å². The first kappa shape index (κ1) is 13.5. The maximum Gasteiger partial charge on any atom is 0.152 e. The van der Waals surface area contributed by atoms with Crippen molar-refractivity contribution in [1.29, 1.82) is 0 Å². The molecule has 0 saturated carbocycles. The minimum atomic E-state index is 0.173. The molecule has 3 saturated heterocycles. The number of rotatable bonds is 3. The van der Waals surface area contributed by atoms with Crippen LogP contribution in [0.15, 0.2) is 0 Å². The van der Waals surface area contributed by atoms with Crippen molar-refractivity contribution in [2.45, 2.75) is 31.7 Å². The van der Waals surface area contributed by atoms with Crippen LogP contribution in [0.4, 0.5) is 0 Å². The van der Waals surface area contributed by atoms with E-state index in [1.54, 1.807) is 0 Å². The number of hydrogen-bond donors (Lipinski definition) is 0. The van der Waals surface area contributed by atoms with Crippen LogP contribution in [-0.2, 0) is 9.53 Å². The van der Waals surface area contributed by atoms with Crippen LogP contribution in [0.3, 0.4) is 0 Å². The number of carbonyl (C=O) groups is 1. The number of Topliss-reactive ketones (excluding diaryl/α,β-unsaturated/α-hetero) is 1. The summed E-state index contributed by atoms with van der Waals surface area (Å²) in [5.74, 6) is 1.35. The SMILES string of the molecule is CN1CCCC2CN(CC(=O)C3CCOC3)CCC21. The Hall–Kier alpha value is -0.450. The quantitative estimate of drug-likeness (QED) is 0.763. The predicted octanol–water partition coefficient (Wildman–Crippen LogP) is 1.01. The summed E-state index contributed by atoms with van der Waals surface area (Å²) >= 11 is 0. The first-order valence-electron chi connectivity index (χ1n) is 7.77. The van der Waals surface area contributed by atoms with Gasteiger partial charge in [-0.3, -0.25) is 9.69 Å². The molecule has 19 heavy (non-hydrogen) atoms. The molecule has 0 amide bonds. The van der Waals surface area contributed by atoms with Gasteiger partial charge in [-0.1, -0.05) is 0 Å². The highest BCUT2D eigenvalue weighted by Crippen LogP contribution is 2.29. The van der Waals surface area contributed by atoms with Gasteiger partial charge in [0.15, 0.2) is 5.78 Å². The van der Waals surface area contributed by atoms with Gasteiger partial charge in [0.1, 0.15) is 0 Å². The summed E-state index contributed by atoms with van der Waals surface area (Å²) in [6.45, 7) is 5.53. The summed E-state index contributed by atoms with van der Waals surface area (Å²) in [6.07, 6.45) is 4.82. The molecule has 3 fully saturated rings. The molecule has 3 aliphatic rings. The zero-order chi connectivity index (χ0) is 13.2. The molecule has 3 aliphatic heterocycles. The van der Waals surface area contributed by atoms with Gasteiger partial charge in [0, 0.05) is 31.7 Å². The number of ether oxygens (including phenoxy) is 1. The van der Waals surface area contributed by atoms with Gasteiger partial charge in [-0.25, -0.2) is 0 Å². The van der Waals surface area contributed by atoms with Crippen LogP contribution in [-0.4, -0.2) is 68.1 Å². The number of likely N-dealkylation sites (tertiary alicyclic amines) is 2. The first-order valence-corrected chi connectivity index (χ1v) is 7.77. The van der Waals surface area contributed by atoms with Gasteiger partial charge < -0.3 is 9.64 Å². The highest BCUT2D eigenvalue weighted by molar-refractivity contribution is 5.83. The fourth-order valence-corrected chi connectivity index (χ4v) is 4.01. The van der Waals surface area contributed by atoms with Crippen LogP contribution >= 0.6 is 0 Å². The maximum atomic E-state index is 12.2. The summed E-state index contributed by atoms with van der Waals surface area (Å²) in [5.41, 5.74) is 0. The summed E-state index contributed by atoms with van der Waals surface area (Å²) in [7, 11) is 2.26. The third-order valence-corrected chi connectivity index (χ3v) is 5.19. The average Bonchev–Trinajstić information content (AvgIpc) is 2.93. The number of fused-ring (bicyclic) bond motifs is 1. The van der Waals surface area contributed by atoms with E-state index >= 15 is 0 Å². The zero-order valence-corrected chi connectivity index (χ0v) is 12.0. The largest absolute Gasteiger partial charge is 0.381 e. The zero-order valence-electron chi connectivity index (χ0n) is 12.0.